The zero-order valence-corrected chi connectivity index (χ0v) is 10.9. The Labute approximate surface area is 107 Å². The van der Waals surface area contributed by atoms with Crippen LogP contribution in [-0.2, 0) is 0 Å². The first-order valence-corrected chi connectivity index (χ1v) is 6.81. The lowest BCUT2D eigenvalue weighted by Gasteiger charge is -2.46. The number of aromatic nitrogens is 2. The molecule has 3 aliphatic rings. The molecule has 3 fully saturated rings. The molecule has 0 amide bonds. The van der Waals surface area contributed by atoms with Gasteiger partial charge in [-0.25, -0.2) is 0 Å². The lowest BCUT2D eigenvalue weighted by Crippen LogP contribution is -2.57. The summed E-state index contributed by atoms with van der Waals surface area (Å²) in [5.74, 6) is 1.73. The highest BCUT2D eigenvalue weighted by atomic mass is 16.5. The van der Waals surface area contributed by atoms with Crippen molar-refractivity contribution in [3.8, 4) is 0 Å². The molecule has 2 atom stereocenters. The van der Waals surface area contributed by atoms with Crippen molar-refractivity contribution in [1.29, 1.82) is 0 Å². The topological polar surface area (TPSA) is 71.4 Å². The molecule has 4 rings (SSSR count). The number of hydrogen-bond donors (Lipinski definition) is 1. The highest BCUT2D eigenvalue weighted by molar-refractivity contribution is 5.03. The molecule has 2 N–H and O–H groups in total. The van der Waals surface area contributed by atoms with Crippen LogP contribution in [-0.4, -0.2) is 59.2 Å². The Balaban J connectivity index is 1.77. The van der Waals surface area contributed by atoms with Gasteiger partial charge in [-0.3, -0.25) is 9.80 Å². The first-order chi connectivity index (χ1) is 8.81. The molecule has 100 valence electrons. The van der Waals surface area contributed by atoms with E-state index in [2.05, 4.69) is 26.9 Å². The van der Waals surface area contributed by atoms with Gasteiger partial charge in [0.25, 0.3) is 0 Å². The Hall–Kier alpha value is -0.980. The van der Waals surface area contributed by atoms with Gasteiger partial charge in [0.15, 0.2) is 5.82 Å². The van der Waals surface area contributed by atoms with E-state index in [0.717, 1.165) is 31.9 Å². The SMILES string of the molecule is CCC(CN)c1nc(C2CN3CCN2CC3)no1. The van der Waals surface area contributed by atoms with Crippen LogP contribution in [0.3, 0.4) is 0 Å². The fourth-order valence-corrected chi connectivity index (χ4v) is 2.85. The van der Waals surface area contributed by atoms with E-state index in [1.165, 1.54) is 13.1 Å². The largest absolute Gasteiger partial charge is 0.339 e. The standard InChI is InChI=1S/C12H21N5O/c1-2-9(7-13)12-14-11(15-18-12)10-8-16-3-5-17(10)6-4-16/h9-10H,2-8,13H2,1H3. The van der Waals surface area contributed by atoms with E-state index >= 15 is 0 Å². The number of fused-ring (bicyclic) bond motifs is 3. The van der Waals surface area contributed by atoms with Crippen LogP contribution < -0.4 is 5.73 Å². The zero-order chi connectivity index (χ0) is 12.5. The van der Waals surface area contributed by atoms with E-state index in [9.17, 15) is 0 Å². The molecule has 0 spiro atoms. The van der Waals surface area contributed by atoms with Crippen LogP contribution >= 0.6 is 0 Å². The van der Waals surface area contributed by atoms with Crippen molar-refractivity contribution in [2.45, 2.75) is 25.3 Å². The average Bonchev–Trinajstić information content (AvgIpc) is 2.91. The molecule has 6 nitrogen and oxygen atoms in total. The quantitative estimate of drug-likeness (QED) is 0.824. The monoisotopic (exact) mass is 251 g/mol. The minimum Gasteiger partial charge on any atom is -0.339 e. The molecule has 1 aromatic heterocycles. The minimum atomic E-state index is 0.197. The highest BCUT2D eigenvalue weighted by Crippen LogP contribution is 2.28. The van der Waals surface area contributed by atoms with Crippen LogP contribution in [0.4, 0.5) is 0 Å². The van der Waals surface area contributed by atoms with Gasteiger partial charge in [0.2, 0.25) is 5.89 Å². The Morgan fingerprint density at radius 3 is 2.72 bits per heavy atom. The summed E-state index contributed by atoms with van der Waals surface area (Å²) in [6, 6.07) is 0.306. The second-order valence-corrected chi connectivity index (χ2v) is 5.18. The molecule has 3 saturated heterocycles. The maximum atomic E-state index is 5.72. The molecule has 0 aromatic carbocycles. The lowest BCUT2D eigenvalue weighted by atomic mass is 10.1. The van der Waals surface area contributed by atoms with Gasteiger partial charge in [-0.15, -0.1) is 0 Å². The lowest BCUT2D eigenvalue weighted by molar-refractivity contribution is 0.00781. The third kappa shape index (κ3) is 2.04. The number of hydrogen-bond acceptors (Lipinski definition) is 6. The summed E-state index contributed by atoms with van der Waals surface area (Å²) < 4.78 is 5.38. The third-order valence-electron chi connectivity index (χ3n) is 4.16. The van der Waals surface area contributed by atoms with Gasteiger partial charge in [-0.05, 0) is 6.42 Å². The summed E-state index contributed by atoms with van der Waals surface area (Å²) in [5, 5.41) is 4.17. The van der Waals surface area contributed by atoms with Crippen molar-refractivity contribution in [1.82, 2.24) is 19.9 Å². The molecule has 0 saturated carbocycles. The van der Waals surface area contributed by atoms with Crippen LogP contribution in [0.15, 0.2) is 4.52 Å². The second-order valence-electron chi connectivity index (χ2n) is 5.18. The van der Waals surface area contributed by atoms with E-state index < -0.39 is 0 Å². The molecular weight excluding hydrogens is 230 g/mol. The van der Waals surface area contributed by atoms with Gasteiger partial charge in [0.1, 0.15) is 0 Å². The molecule has 1 aromatic rings. The second kappa shape index (κ2) is 4.95. The summed E-state index contributed by atoms with van der Waals surface area (Å²) in [5.41, 5.74) is 5.72. The van der Waals surface area contributed by atoms with Gasteiger partial charge in [0, 0.05) is 39.3 Å². The van der Waals surface area contributed by atoms with Crippen LogP contribution in [0.25, 0.3) is 0 Å². The van der Waals surface area contributed by atoms with E-state index in [0.29, 0.717) is 18.5 Å². The van der Waals surface area contributed by atoms with E-state index in [-0.39, 0.29) is 5.92 Å². The fourth-order valence-electron chi connectivity index (χ4n) is 2.85. The predicted octanol–water partition coefficient (Wildman–Crippen LogP) is 0.194. The van der Waals surface area contributed by atoms with Crippen LogP contribution in [0, 0.1) is 0 Å². The van der Waals surface area contributed by atoms with Crippen molar-refractivity contribution < 1.29 is 4.52 Å². The van der Waals surface area contributed by atoms with Gasteiger partial charge in [-0.2, -0.15) is 4.98 Å². The number of rotatable bonds is 4. The fraction of sp³-hybridized carbons (Fsp3) is 0.833. The van der Waals surface area contributed by atoms with Crippen LogP contribution in [0.1, 0.15) is 37.0 Å². The summed E-state index contributed by atoms with van der Waals surface area (Å²) in [6.07, 6.45) is 0.943. The summed E-state index contributed by atoms with van der Waals surface area (Å²) in [6.45, 7) is 8.25. The van der Waals surface area contributed by atoms with Gasteiger partial charge in [0.05, 0.1) is 12.0 Å². The molecule has 6 heteroatoms. The highest BCUT2D eigenvalue weighted by Gasteiger charge is 2.35. The normalized spacial score (nSPS) is 32.7. The third-order valence-corrected chi connectivity index (χ3v) is 4.16. The van der Waals surface area contributed by atoms with E-state index in [4.69, 9.17) is 10.3 Å². The van der Waals surface area contributed by atoms with Crippen molar-refractivity contribution in [3.63, 3.8) is 0 Å². The van der Waals surface area contributed by atoms with E-state index in [1.54, 1.807) is 0 Å². The number of piperazine rings is 3. The van der Waals surface area contributed by atoms with Gasteiger partial charge in [-0.1, -0.05) is 12.1 Å². The van der Waals surface area contributed by atoms with Crippen molar-refractivity contribution in [2.75, 3.05) is 39.3 Å². The van der Waals surface area contributed by atoms with Crippen molar-refractivity contribution >= 4 is 0 Å². The first-order valence-electron chi connectivity index (χ1n) is 6.81. The Bertz CT molecular complexity index is 395. The van der Waals surface area contributed by atoms with Gasteiger partial charge < -0.3 is 10.3 Å². The number of nitrogens with zero attached hydrogens (tertiary/aromatic N) is 4. The van der Waals surface area contributed by atoms with Crippen LogP contribution in [0.5, 0.6) is 0 Å². The Kier molecular flexibility index (Phi) is 3.32. The molecule has 0 radical (unpaired) electrons. The molecular formula is C12H21N5O. The zero-order valence-electron chi connectivity index (χ0n) is 10.9. The average molecular weight is 251 g/mol. The molecule has 0 aliphatic carbocycles. The number of nitrogens with two attached hydrogens (primary N) is 1. The van der Waals surface area contributed by atoms with Crippen molar-refractivity contribution in [2.24, 2.45) is 5.73 Å². The molecule has 4 heterocycles. The Morgan fingerprint density at radius 2 is 2.17 bits per heavy atom. The maximum absolute atomic E-state index is 5.72. The maximum Gasteiger partial charge on any atom is 0.231 e. The summed E-state index contributed by atoms with van der Waals surface area (Å²) in [4.78, 5) is 9.50. The molecule has 18 heavy (non-hydrogen) atoms. The van der Waals surface area contributed by atoms with Gasteiger partial charge >= 0.3 is 0 Å². The molecule has 3 aliphatic heterocycles. The first kappa shape index (κ1) is 12.1. The minimum absolute atomic E-state index is 0.197. The van der Waals surface area contributed by atoms with Crippen LogP contribution in [0.2, 0.25) is 0 Å². The summed E-state index contributed by atoms with van der Waals surface area (Å²) in [7, 11) is 0. The predicted molar refractivity (Wildman–Crippen MR) is 67.1 cm³/mol. The van der Waals surface area contributed by atoms with Crippen molar-refractivity contribution in [3.05, 3.63) is 11.7 Å². The molecule has 2 bridgehead atoms. The summed E-state index contributed by atoms with van der Waals surface area (Å²) >= 11 is 0. The Morgan fingerprint density at radius 1 is 1.39 bits per heavy atom. The molecule has 2 unspecified atom stereocenters. The van der Waals surface area contributed by atoms with E-state index in [1.807, 2.05) is 0 Å². The smallest absolute Gasteiger partial charge is 0.231 e.